The second-order valence-electron chi connectivity index (χ2n) is 9.02. The molecule has 9 heteroatoms. The predicted molar refractivity (Wildman–Crippen MR) is 130 cm³/mol. The van der Waals surface area contributed by atoms with E-state index in [2.05, 4.69) is 45.6 Å². The van der Waals surface area contributed by atoms with Crippen molar-refractivity contribution in [3.63, 3.8) is 0 Å². The number of aromatic nitrogens is 3. The highest BCUT2D eigenvalue weighted by atomic mass is 32.2. The molecule has 0 bridgehead atoms. The van der Waals surface area contributed by atoms with E-state index in [0.29, 0.717) is 19.0 Å². The fraction of sp³-hybridized carbons (Fsp3) is 0.542. The molecule has 5 rings (SSSR count). The number of H-pyrrole nitrogens is 1. The van der Waals surface area contributed by atoms with Crippen molar-refractivity contribution >= 4 is 20.9 Å². The molecule has 0 amide bonds. The van der Waals surface area contributed by atoms with Gasteiger partial charge in [0.1, 0.15) is 0 Å². The molecule has 0 unspecified atom stereocenters. The van der Waals surface area contributed by atoms with Gasteiger partial charge in [0.2, 0.25) is 10.0 Å². The molecule has 0 aliphatic carbocycles. The minimum Gasteiger partial charge on any atom is -0.379 e. The Labute approximate surface area is 195 Å². The van der Waals surface area contributed by atoms with Gasteiger partial charge in [0.05, 0.1) is 31.7 Å². The average Bonchev–Trinajstić information content (AvgIpc) is 3.50. The minimum absolute atomic E-state index is 0.175. The van der Waals surface area contributed by atoms with Crippen LogP contribution in [0.4, 0.5) is 0 Å². The molecule has 4 heterocycles. The van der Waals surface area contributed by atoms with E-state index in [0.717, 1.165) is 68.9 Å². The number of nitrogens with zero attached hydrogens (tertiary/aromatic N) is 4. The summed E-state index contributed by atoms with van der Waals surface area (Å²) in [7, 11) is -3.10. The number of hydrogen-bond acceptors (Lipinski definition) is 5. The highest BCUT2D eigenvalue weighted by molar-refractivity contribution is 7.89. The standard InChI is InChI=1S/C24H33N5O3S/c1-2-33(30,31)29-7-5-19(6-8-29)23-17-25-24-4-3-20(15-22(23)24)21-16-26-28(18-21)10-9-27-11-13-32-14-12-27/h3-4,15-19,25H,2,5-14H2,1H3. The van der Waals surface area contributed by atoms with Crippen molar-refractivity contribution in [2.75, 3.05) is 51.7 Å². The van der Waals surface area contributed by atoms with E-state index in [4.69, 9.17) is 4.74 Å². The summed E-state index contributed by atoms with van der Waals surface area (Å²) in [5, 5.41) is 5.81. The largest absolute Gasteiger partial charge is 0.379 e. The van der Waals surface area contributed by atoms with Crippen LogP contribution in [-0.2, 0) is 21.3 Å². The predicted octanol–water partition coefficient (Wildman–Crippen LogP) is 2.89. The fourth-order valence-corrected chi connectivity index (χ4v) is 6.12. The van der Waals surface area contributed by atoms with Crippen LogP contribution in [-0.4, -0.2) is 84.1 Å². The molecule has 33 heavy (non-hydrogen) atoms. The zero-order chi connectivity index (χ0) is 22.8. The van der Waals surface area contributed by atoms with Gasteiger partial charge in [-0.25, -0.2) is 12.7 Å². The lowest BCUT2D eigenvalue weighted by Gasteiger charge is -2.30. The van der Waals surface area contributed by atoms with Crippen LogP contribution in [0.2, 0.25) is 0 Å². The summed E-state index contributed by atoms with van der Waals surface area (Å²) in [5.41, 5.74) is 4.69. The van der Waals surface area contributed by atoms with Gasteiger partial charge in [0, 0.05) is 61.6 Å². The van der Waals surface area contributed by atoms with Crippen molar-refractivity contribution in [2.24, 2.45) is 0 Å². The van der Waals surface area contributed by atoms with Crippen LogP contribution in [0.15, 0.2) is 36.8 Å². The van der Waals surface area contributed by atoms with Crippen molar-refractivity contribution < 1.29 is 13.2 Å². The summed E-state index contributed by atoms with van der Waals surface area (Å²) >= 11 is 0. The van der Waals surface area contributed by atoms with Crippen molar-refractivity contribution in [3.8, 4) is 11.1 Å². The number of fused-ring (bicyclic) bond motifs is 1. The lowest BCUT2D eigenvalue weighted by molar-refractivity contribution is 0.0360. The second kappa shape index (κ2) is 9.58. The van der Waals surface area contributed by atoms with E-state index in [9.17, 15) is 8.42 Å². The number of nitrogens with one attached hydrogen (secondary N) is 1. The van der Waals surface area contributed by atoms with Crippen LogP contribution in [0, 0.1) is 0 Å². The molecule has 0 spiro atoms. The number of piperidine rings is 1. The van der Waals surface area contributed by atoms with Gasteiger partial charge in [-0.3, -0.25) is 9.58 Å². The van der Waals surface area contributed by atoms with Gasteiger partial charge in [-0.05, 0) is 48.9 Å². The van der Waals surface area contributed by atoms with Gasteiger partial charge in [-0.1, -0.05) is 6.07 Å². The first-order valence-corrected chi connectivity index (χ1v) is 13.6. The van der Waals surface area contributed by atoms with Crippen molar-refractivity contribution in [2.45, 2.75) is 32.2 Å². The Morgan fingerprint density at radius 3 is 2.64 bits per heavy atom. The van der Waals surface area contributed by atoms with Gasteiger partial charge in [0.15, 0.2) is 0 Å². The maximum atomic E-state index is 12.2. The SMILES string of the molecule is CCS(=O)(=O)N1CCC(c2c[nH]c3ccc(-c4cnn(CCN5CCOCC5)c4)cc23)CC1. The van der Waals surface area contributed by atoms with Crippen LogP contribution in [0.5, 0.6) is 0 Å². The maximum Gasteiger partial charge on any atom is 0.213 e. The lowest BCUT2D eigenvalue weighted by Crippen LogP contribution is -2.38. The number of benzene rings is 1. The van der Waals surface area contributed by atoms with Gasteiger partial charge >= 0.3 is 0 Å². The molecule has 8 nitrogen and oxygen atoms in total. The van der Waals surface area contributed by atoms with Gasteiger partial charge in [-0.2, -0.15) is 5.10 Å². The Hall–Kier alpha value is -2.20. The molecule has 0 radical (unpaired) electrons. The molecular formula is C24H33N5O3S. The van der Waals surface area contributed by atoms with E-state index in [1.54, 1.807) is 11.2 Å². The first-order valence-electron chi connectivity index (χ1n) is 12.0. The molecule has 0 atom stereocenters. The number of hydrogen-bond donors (Lipinski definition) is 1. The summed E-state index contributed by atoms with van der Waals surface area (Å²) in [6.45, 7) is 8.39. The molecule has 0 saturated carbocycles. The molecule has 2 aliphatic rings. The highest BCUT2D eigenvalue weighted by Gasteiger charge is 2.28. The number of aromatic amines is 1. The van der Waals surface area contributed by atoms with Gasteiger partial charge in [-0.15, -0.1) is 0 Å². The summed E-state index contributed by atoms with van der Waals surface area (Å²) < 4.78 is 33.5. The molecule has 1 N–H and O–H groups in total. The quantitative estimate of drug-likeness (QED) is 0.573. The van der Waals surface area contributed by atoms with Crippen LogP contribution >= 0.6 is 0 Å². The molecule has 2 fully saturated rings. The molecule has 178 valence electrons. The van der Waals surface area contributed by atoms with E-state index in [-0.39, 0.29) is 5.75 Å². The van der Waals surface area contributed by atoms with E-state index in [1.165, 1.54) is 10.9 Å². The summed E-state index contributed by atoms with van der Waals surface area (Å²) in [6.07, 6.45) is 7.89. The van der Waals surface area contributed by atoms with E-state index >= 15 is 0 Å². The fourth-order valence-electron chi connectivity index (χ4n) is 4.99. The number of sulfonamides is 1. The zero-order valence-electron chi connectivity index (χ0n) is 19.2. The van der Waals surface area contributed by atoms with Crippen LogP contribution < -0.4 is 0 Å². The Morgan fingerprint density at radius 2 is 1.88 bits per heavy atom. The number of ether oxygens (including phenoxy) is 1. The van der Waals surface area contributed by atoms with Crippen LogP contribution in [0.3, 0.4) is 0 Å². The lowest BCUT2D eigenvalue weighted by atomic mass is 9.89. The average molecular weight is 472 g/mol. The molecule has 2 aliphatic heterocycles. The zero-order valence-corrected chi connectivity index (χ0v) is 20.1. The first kappa shape index (κ1) is 22.6. The van der Waals surface area contributed by atoms with E-state index in [1.807, 2.05) is 10.9 Å². The van der Waals surface area contributed by atoms with E-state index < -0.39 is 10.0 Å². The van der Waals surface area contributed by atoms with Gasteiger partial charge < -0.3 is 9.72 Å². The summed E-state index contributed by atoms with van der Waals surface area (Å²) in [5.74, 6) is 0.544. The Balaban J connectivity index is 1.29. The van der Waals surface area contributed by atoms with Crippen LogP contribution in [0.25, 0.3) is 22.0 Å². The number of rotatable bonds is 7. The number of morpholine rings is 1. The first-order chi connectivity index (χ1) is 16.0. The topological polar surface area (TPSA) is 83.5 Å². The summed E-state index contributed by atoms with van der Waals surface area (Å²) in [4.78, 5) is 5.83. The van der Waals surface area contributed by atoms with Crippen molar-refractivity contribution in [1.29, 1.82) is 0 Å². The third-order valence-electron chi connectivity index (χ3n) is 7.08. The van der Waals surface area contributed by atoms with Gasteiger partial charge in [0.25, 0.3) is 0 Å². The molecular weight excluding hydrogens is 438 g/mol. The molecule has 1 aromatic carbocycles. The van der Waals surface area contributed by atoms with Crippen molar-refractivity contribution in [3.05, 3.63) is 42.4 Å². The smallest absolute Gasteiger partial charge is 0.213 e. The molecule has 2 aromatic heterocycles. The molecule has 3 aromatic rings. The van der Waals surface area contributed by atoms with Crippen molar-refractivity contribution in [1.82, 2.24) is 24.0 Å². The normalized spacial score (nSPS) is 19.4. The summed E-state index contributed by atoms with van der Waals surface area (Å²) in [6, 6.07) is 6.53. The second-order valence-corrected chi connectivity index (χ2v) is 11.3. The third kappa shape index (κ3) is 4.87. The van der Waals surface area contributed by atoms with Crippen LogP contribution in [0.1, 0.15) is 31.2 Å². The Kier molecular flexibility index (Phi) is 6.56. The minimum atomic E-state index is -3.10. The Bertz CT molecular complexity index is 1190. The monoisotopic (exact) mass is 471 g/mol. The Morgan fingerprint density at radius 1 is 1.09 bits per heavy atom. The highest BCUT2D eigenvalue weighted by Crippen LogP contribution is 2.35. The molecule has 2 saturated heterocycles. The third-order valence-corrected chi connectivity index (χ3v) is 8.96. The maximum absolute atomic E-state index is 12.2.